The first kappa shape index (κ1) is 7.10. The van der Waals surface area contributed by atoms with Gasteiger partial charge in [-0.25, -0.2) is 4.98 Å². The maximum atomic E-state index is 5.81. The molecule has 2 N–H and O–H groups in total. The van der Waals surface area contributed by atoms with E-state index in [-0.39, 0.29) is 0 Å². The SMILES string of the molecule is Nc1c(C2CC2)ccnc1Br. The number of halogens is 1. The number of pyridine rings is 1. The Morgan fingerprint density at radius 2 is 2.27 bits per heavy atom. The van der Waals surface area contributed by atoms with E-state index in [0.29, 0.717) is 5.92 Å². The third kappa shape index (κ3) is 1.25. The average molecular weight is 213 g/mol. The molecule has 0 aliphatic heterocycles. The number of rotatable bonds is 1. The van der Waals surface area contributed by atoms with Crippen LogP contribution in [0.4, 0.5) is 5.69 Å². The van der Waals surface area contributed by atoms with Crippen molar-refractivity contribution in [2.75, 3.05) is 5.73 Å². The van der Waals surface area contributed by atoms with Crippen LogP contribution in [-0.4, -0.2) is 4.98 Å². The number of nitrogens with two attached hydrogens (primary N) is 1. The molecule has 11 heavy (non-hydrogen) atoms. The topological polar surface area (TPSA) is 38.9 Å². The summed E-state index contributed by atoms with van der Waals surface area (Å²) in [6.07, 6.45) is 4.36. The van der Waals surface area contributed by atoms with Crippen LogP contribution in [0.25, 0.3) is 0 Å². The molecule has 1 saturated carbocycles. The van der Waals surface area contributed by atoms with Crippen LogP contribution in [0.3, 0.4) is 0 Å². The molecule has 1 fully saturated rings. The molecule has 0 amide bonds. The number of hydrogen-bond donors (Lipinski definition) is 1. The van der Waals surface area contributed by atoms with Crippen molar-refractivity contribution in [2.45, 2.75) is 18.8 Å². The molecule has 1 aliphatic carbocycles. The largest absolute Gasteiger partial charge is 0.396 e. The normalized spacial score (nSPS) is 16.8. The number of nitrogen functional groups attached to an aromatic ring is 1. The summed E-state index contributed by atoms with van der Waals surface area (Å²) in [5.41, 5.74) is 7.89. The number of aromatic nitrogens is 1. The highest BCUT2D eigenvalue weighted by Gasteiger charge is 2.26. The van der Waals surface area contributed by atoms with Gasteiger partial charge in [0.1, 0.15) is 4.60 Å². The number of anilines is 1. The zero-order valence-electron chi connectivity index (χ0n) is 6.05. The Morgan fingerprint density at radius 1 is 1.55 bits per heavy atom. The van der Waals surface area contributed by atoms with Gasteiger partial charge in [-0.3, -0.25) is 0 Å². The van der Waals surface area contributed by atoms with E-state index in [0.717, 1.165) is 10.3 Å². The molecule has 2 nitrogen and oxygen atoms in total. The minimum atomic E-state index is 0.703. The summed E-state index contributed by atoms with van der Waals surface area (Å²) in [6.45, 7) is 0. The Hall–Kier alpha value is -0.570. The van der Waals surface area contributed by atoms with Gasteiger partial charge in [-0.2, -0.15) is 0 Å². The Bertz CT molecular complexity index is 281. The minimum absolute atomic E-state index is 0.703. The Morgan fingerprint density at radius 3 is 2.91 bits per heavy atom. The fourth-order valence-electron chi connectivity index (χ4n) is 1.21. The van der Waals surface area contributed by atoms with Gasteiger partial charge in [-0.15, -0.1) is 0 Å². The highest BCUT2D eigenvalue weighted by atomic mass is 79.9. The van der Waals surface area contributed by atoms with Crippen molar-refractivity contribution in [1.29, 1.82) is 0 Å². The molecule has 1 aromatic heterocycles. The summed E-state index contributed by atoms with van der Waals surface area (Å²) in [5, 5.41) is 0. The van der Waals surface area contributed by atoms with E-state index in [4.69, 9.17) is 5.73 Å². The number of hydrogen-bond acceptors (Lipinski definition) is 2. The summed E-state index contributed by atoms with van der Waals surface area (Å²) in [5.74, 6) is 0.703. The average Bonchev–Trinajstić information content (AvgIpc) is 2.77. The van der Waals surface area contributed by atoms with Gasteiger partial charge in [0.25, 0.3) is 0 Å². The van der Waals surface area contributed by atoms with E-state index in [1.54, 1.807) is 6.20 Å². The van der Waals surface area contributed by atoms with Crippen LogP contribution in [0.2, 0.25) is 0 Å². The first-order chi connectivity index (χ1) is 5.29. The lowest BCUT2D eigenvalue weighted by Crippen LogP contribution is -1.94. The molecule has 0 saturated heterocycles. The second-order valence-corrected chi connectivity index (χ2v) is 3.63. The molecule has 1 aromatic rings. The minimum Gasteiger partial charge on any atom is -0.396 e. The van der Waals surface area contributed by atoms with Crippen molar-refractivity contribution in [2.24, 2.45) is 0 Å². The van der Waals surface area contributed by atoms with E-state index in [1.165, 1.54) is 18.4 Å². The summed E-state index contributed by atoms with van der Waals surface area (Å²) in [6, 6.07) is 2.01. The summed E-state index contributed by atoms with van der Waals surface area (Å²) in [7, 11) is 0. The van der Waals surface area contributed by atoms with Crippen molar-refractivity contribution < 1.29 is 0 Å². The molecule has 0 radical (unpaired) electrons. The zero-order chi connectivity index (χ0) is 7.84. The molecular formula is C8H9BrN2. The van der Waals surface area contributed by atoms with Crippen molar-refractivity contribution >= 4 is 21.6 Å². The van der Waals surface area contributed by atoms with Gasteiger partial charge in [-0.05, 0) is 46.3 Å². The summed E-state index contributed by atoms with van der Waals surface area (Å²) < 4.78 is 0.780. The molecule has 0 aromatic carbocycles. The highest BCUT2D eigenvalue weighted by molar-refractivity contribution is 9.10. The second kappa shape index (κ2) is 2.48. The Kier molecular flexibility index (Phi) is 1.60. The zero-order valence-corrected chi connectivity index (χ0v) is 7.63. The molecular weight excluding hydrogens is 204 g/mol. The van der Waals surface area contributed by atoms with E-state index in [2.05, 4.69) is 20.9 Å². The fraction of sp³-hybridized carbons (Fsp3) is 0.375. The van der Waals surface area contributed by atoms with Gasteiger partial charge in [0, 0.05) is 6.20 Å². The lowest BCUT2D eigenvalue weighted by molar-refractivity contribution is 1.10. The van der Waals surface area contributed by atoms with Crippen LogP contribution in [-0.2, 0) is 0 Å². The highest BCUT2D eigenvalue weighted by Crippen LogP contribution is 2.43. The summed E-state index contributed by atoms with van der Waals surface area (Å²) in [4.78, 5) is 4.04. The molecule has 0 bridgehead atoms. The van der Waals surface area contributed by atoms with Gasteiger partial charge in [0.15, 0.2) is 0 Å². The second-order valence-electron chi connectivity index (χ2n) is 2.88. The molecule has 3 heteroatoms. The maximum Gasteiger partial charge on any atom is 0.129 e. The fourth-order valence-corrected chi connectivity index (χ4v) is 1.56. The smallest absolute Gasteiger partial charge is 0.129 e. The van der Waals surface area contributed by atoms with Crippen molar-refractivity contribution in [1.82, 2.24) is 4.98 Å². The van der Waals surface area contributed by atoms with Crippen LogP contribution < -0.4 is 5.73 Å². The standard InChI is InChI=1S/C8H9BrN2/c9-8-7(10)6(3-4-11-8)5-1-2-5/h3-5H,1-2,10H2. The Balaban J connectivity index is 2.45. The lowest BCUT2D eigenvalue weighted by atomic mass is 10.1. The Labute approximate surface area is 73.9 Å². The predicted octanol–water partition coefficient (Wildman–Crippen LogP) is 2.30. The van der Waals surface area contributed by atoms with Crippen LogP contribution in [0, 0.1) is 0 Å². The molecule has 0 spiro atoms. The van der Waals surface area contributed by atoms with Gasteiger partial charge in [0.05, 0.1) is 5.69 Å². The van der Waals surface area contributed by atoms with E-state index < -0.39 is 0 Å². The van der Waals surface area contributed by atoms with Gasteiger partial charge in [0.2, 0.25) is 0 Å². The molecule has 2 rings (SSSR count). The van der Waals surface area contributed by atoms with Gasteiger partial charge < -0.3 is 5.73 Å². The maximum absolute atomic E-state index is 5.81. The molecule has 1 aliphatic rings. The molecule has 0 unspecified atom stereocenters. The predicted molar refractivity (Wildman–Crippen MR) is 48.3 cm³/mol. The van der Waals surface area contributed by atoms with Crippen LogP contribution in [0.15, 0.2) is 16.9 Å². The first-order valence-corrected chi connectivity index (χ1v) is 4.48. The van der Waals surface area contributed by atoms with Crippen molar-refractivity contribution in [3.05, 3.63) is 22.4 Å². The first-order valence-electron chi connectivity index (χ1n) is 3.69. The lowest BCUT2D eigenvalue weighted by Gasteiger charge is -2.03. The third-order valence-electron chi connectivity index (χ3n) is 1.99. The quantitative estimate of drug-likeness (QED) is 0.727. The molecule has 1 heterocycles. The van der Waals surface area contributed by atoms with E-state index >= 15 is 0 Å². The van der Waals surface area contributed by atoms with E-state index in [9.17, 15) is 0 Å². The monoisotopic (exact) mass is 212 g/mol. The van der Waals surface area contributed by atoms with Gasteiger partial charge >= 0.3 is 0 Å². The molecule has 0 atom stereocenters. The van der Waals surface area contributed by atoms with Crippen LogP contribution in [0.1, 0.15) is 24.3 Å². The molecule has 58 valence electrons. The number of nitrogens with zero attached hydrogens (tertiary/aromatic N) is 1. The van der Waals surface area contributed by atoms with Crippen molar-refractivity contribution in [3.8, 4) is 0 Å². The summed E-state index contributed by atoms with van der Waals surface area (Å²) >= 11 is 3.31. The van der Waals surface area contributed by atoms with E-state index in [1.807, 2.05) is 6.07 Å². The van der Waals surface area contributed by atoms with Crippen molar-refractivity contribution in [3.63, 3.8) is 0 Å². The van der Waals surface area contributed by atoms with Crippen LogP contribution in [0.5, 0.6) is 0 Å². The van der Waals surface area contributed by atoms with Gasteiger partial charge in [-0.1, -0.05) is 0 Å². The third-order valence-corrected chi connectivity index (χ3v) is 2.62. The van der Waals surface area contributed by atoms with Crippen LogP contribution >= 0.6 is 15.9 Å².